The number of carbonyl (C=O) groups is 3. The lowest BCUT2D eigenvalue weighted by Crippen LogP contribution is -2.56. The summed E-state index contributed by atoms with van der Waals surface area (Å²) in [5.41, 5.74) is 0.661. The fraction of sp³-hybridized carbons (Fsp3) is 0.526. The number of rotatable bonds is 6. The topological polar surface area (TPSA) is 114 Å². The number of amides is 1. The predicted molar refractivity (Wildman–Crippen MR) is 131 cm³/mol. The van der Waals surface area contributed by atoms with Crippen LogP contribution >= 0.6 is 85.5 Å². The fourth-order valence-corrected chi connectivity index (χ4v) is 3.94. The zero-order valence-corrected chi connectivity index (χ0v) is 23.6. The molecule has 3 unspecified atom stereocenters. The lowest BCUT2D eigenvalue weighted by molar-refractivity contribution is -0.269. The van der Waals surface area contributed by atoms with E-state index < -0.39 is 57.1 Å². The minimum atomic E-state index is -1.88. The molecule has 0 saturated carbocycles. The Morgan fingerprint density at radius 3 is 1.97 bits per heavy atom. The van der Waals surface area contributed by atoms with Gasteiger partial charge in [0.1, 0.15) is 32.0 Å². The third-order valence-electron chi connectivity index (χ3n) is 4.65. The van der Waals surface area contributed by atoms with Crippen LogP contribution in [0.1, 0.15) is 11.5 Å². The number of ether oxygens (including phenoxy) is 4. The molecule has 1 amide bonds. The summed E-state index contributed by atoms with van der Waals surface area (Å²) in [5, 5.41) is 11.6. The van der Waals surface area contributed by atoms with Crippen LogP contribution in [0.2, 0.25) is 0 Å². The quantitative estimate of drug-likeness (QED) is 0.297. The predicted octanol–water partition coefficient (Wildman–Crippen LogP) is 5.22. The molecule has 1 aromatic carbocycles. The second kappa shape index (κ2) is 13.2. The highest BCUT2D eigenvalue weighted by Gasteiger charge is 2.42. The minimum Gasteiger partial charge on any atom is -0.530 e. The summed E-state index contributed by atoms with van der Waals surface area (Å²) in [5.74, 6) is -1.34. The Balaban J connectivity index is 2.25. The van der Waals surface area contributed by atoms with Crippen LogP contribution in [0.15, 0.2) is 28.7 Å². The van der Waals surface area contributed by atoms with Crippen molar-refractivity contribution in [3.63, 3.8) is 0 Å². The van der Waals surface area contributed by atoms with Gasteiger partial charge in [-0.3, -0.25) is 0 Å². The maximum Gasteiger partial charge on any atom is 0.508 e. The summed E-state index contributed by atoms with van der Waals surface area (Å²) in [4.78, 5) is 36.8. The highest BCUT2D eigenvalue weighted by Crippen LogP contribution is 2.37. The van der Waals surface area contributed by atoms with Crippen LogP contribution in [-0.2, 0) is 18.9 Å². The smallest absolute Gasteiger partial charge is 0.508 e. The van der Waals surface area contributed by atoms with Crippen molar-refractivity contribution in [3.05, 3.63) is 34.3 Å². The second-order valence-electron chi connectivity index (χ2n) is 7.28. The third-order valence-corrected chi connectivity index (χ3v) is 5.83. The molecule has 0 aliphatic carbocycles. The summed E-state index contributed by atoms with van der Waals surface area (Å²) in [7, 11) is 0. The van der Waals surface area contributed by atoms with E-state index in [-0.39, 0.29) is 19.7 Å². The molecule has 1 aliphatic heterocycles. The number of benzene rings is 1. The van der Waals surface area contributed by atoms with Gasteiger partial charge in [-0.25, -0.2) is 9.59 Å². The molecule has 3 atom stereocenters. The van der Waals surface area contributed by atoms with E-state index in [1.165, 1.54) is 0 Å². The molecule has 9 nitrogen and oxygen atoms in total. The van der Waals surface area contributed by atoms with E-state index in [1.807, 2.05) is 0 Å². The normalized spacial score (nSPS) is 20.7. The van der Waals surface area contributed by atoms with E-state index in [0.717, 1.165) is 9.37 Å². The first-order valence-electron chi connectivity index (χ1n) is 9.62. The van der Waals surface area contributed by atoms with Crippen LogP contribution in [0.5, 0.6) is 0 Å². The first-order valence-corrected chi connectivity index (χ1v) is 12.7. The van der Waals surface area contributed by atoms with Crippen LogP contribution in [0.4, 0.5) is 14.4 Å². The molecule has 1 aromatic rings. The number of halogens is 7. The van der Waals surface area contributed by atoms with Crippen molar-refractivity contribution in [2.24, 2.45) is 5.92 Å². The van der Waals surface area contributed by atoms with Gasteiger partial charge in [-0.1, -0.05) is 97.7 Å². The molecule has 35 heavy (non-hydrogen) atoms. The number of likely N-dealkylation sites (tertiary alicyclic amines) is 1. The zero-order valence-electron chi connectivity index (χ0n) is 17.4. The Kier molecular flexibility index (Phi) is 11.5. The molecule has 0 N–H and O–H groups in total. The van der Waals surface area contributed by atoms with Crippen molar-refractivity contribution in [1.29, 1.82) is 0 Å². The summed E-state index contributed by atoms with van der Waals surface area (Å²) < 4.78 is 17.1. The Morgan fingerprint density at radius 1 is 0.914 bits per heavy atom. The molecule has 1 heterocycles. The molecule has 1 aliphatic rings. The first-order chi connectivity index (χ1) is 16.1. The maximum atomic E-state index is 12.3. The first kappa shape index (κ1) is 30.5. The van der Waals surface area contributed by atoms with E-state index in [0.29, 0.717) is 5.56 Å². The van der Waals surface area contributed by atoms with Crippen molar-refractivity contribution in [2.75, 3.05) is 32.9 Å². The van der Waals surface area contributed by atoms with Crippen molar-refractivity contribution in [1.82, 2.24) is 4.90 Å². The number of carboxylic acid groups (broad SMARTS) is 1. The standard InChI is InChI=1S/C19H18BrCl6NO8/c20-12-3-1-10(2-4-12)14-11(7-32-16(30)33-8-18(21,22)23)5-27(15(28)29)6-13(14)35-17(31)34-9-19(24,25)26/h1-4,11,13-14H,5-9H2,(H,28,29)/p-1. The number of hydrogen-bond donors (Lipinski definition) is 0. The Labute approximate surface area is 238 Å². The molecule has 0 radical (unpaired) electrons. The molecule has 0 bridgehead atoms. The van der Waals surface area contributed by atoms with E-state index in [9.17, 15) is 19.5 Å². The molecule has 1 saturated heterocycles. The zero-order chi connectivity index (χ0) is 26.4. The largest absolute Gasteiger partial charge is 0.530 e. The van der Waals surface area contributed by atoms with Gasteiger partial charge in [-0.05, 0) is 17.7 Å². The molecule has 16 heteroatoms. The molecule has 2 rings (SSSR count). The van der Waals surface area contributed by atoms with Gasteiger partial charge in [0.05, 0.1) is 6.54 Å². The van der Waals surface area contributed by atoms with Gasteiger partial charge < -0.3 is 33.7 Å². The Hall–Kier alpha value is -0.750. The third kappa shape index (κ3) is 11.0. The molecular weight excluding hydrogens is 663 g/mol. The molecule has 0 spiro atoms. The molecule has 1 fully saturated rings. The van der Waals surface area contributed by atoms with E-state index >= 15 is 0 Å². The number of piperidine rings is 1. The summed E-state index contributed by atoms with van der Waals surface area (Å²) >= 11 is 36.7. The molecular formula is C19H17BrCl6NO8-. The minimum absolute atomic E-state index is 0.107. The van der Waals surface area contributed by atoms with Gasteiger partial charge in [0, 0.05) is 22.9 Å². The number of alkyl halides is 6. The number of nitrogens with zero attached hydrogens (tertiary/aromatic N) is 1. The number of hydrogen-bond acceptors (Lipinski definition) is 8. The Bertz CT molecular complexity index is 895. The van der Waals surface area contributed by atoms with Crippen LogP contribution in [0, 0.1) is 5.92 Å². The Morgan fingerprint density at radius 2 is 1.46 bits per heavy atom. The average molecular weight is 680 g/mol. The van der Waals surface area contributed by atoms with Gasteiger partial charge in [-0.15, -0.1) is 0 Å². The van der Waals surface area contributed by atoms with Crippen molar-refractivity contribution < 1.29 is 38.4 Å². The lowest BCUT2D eigenvalue weighted by Gasteiger charge is -2.44. The van der Waals surface area contributed by atoms with E-state index in [2.05, 4.69) is 15.9 Å². The van der Waals surface area contributed by atoms with Crippen LogP contribution in [0.3, 0.4) is 0 Å². The highest BCUT2D eigenvalue weighted by atomic mass is 79.9. The second-order valence-corrected chi connectivity index (χ2v) is 13.2. The van der Waals surface area contributed by atoms with Gasteiger partial charge in [0.2, 0.25) is 7.59 Å². The van der Waals surface area contributed by atoms with Gasteiger partial charge in [-0.2, -0.15) is 0 Å². The van der Waals surface area contributed by atoms with Gasteiger partial charge in [0.25, 0.3) is 0 Å². The van der Waals surface area contributed by atoms with Crippen LogP contribution < -0.4 is 5.11 Å². The molecule has 0 aromatic heterocycles. The van der Waals surface area contributed by atoms with Crippen molar-refractivity contribution >= 4 is 104 Å². The summed E-state index contributed by atoms with van der Waals surface area (Å²) in [6.07, 6.45) is -4.93. The van der Waals surface area contributed by atoms with Crippen molar-refractivity contribution in [3.8, 4) is 0 Å². The van der Waals surface area contributed by atoms with E-state index in [1.54, 1.807) is 24.3 Å². The molecule has 196 valence electrons. The summed E-state index contributed by atoms with van der Waals surface area (Å²) in [6.45, 7) is -1.85. The van der Waals surface area contributed by atoms with Crippen LogP contribution in [0.25, 0.3) is 0 Å². The maximum absolute atomic E-state index is 12.3. The van der Waals surface area contributed by atoms with Gasteiger partial charge in [0.15, 0.2) is 0 Å². The van der Waals surface area contributed by atoms with E-state index in [4.69, 9.17) is 88.6 Å². The fourth-order valence-electron chi connectivity index (χ4n) is 3.35. The highest BCUT2D eigenvalue weighted by molar-refractivity contribution is 9.10. The average Bonchev–Trinajstić information content (AvgIpc) is 2.74. The monoisotopic (exact) mass is 676 g/mol. The lowest BCUT2D eigenvalue weighted by atomic mass is 9.79. The van der Waals surface area contributed by atoms with Crippen LogP contribution in [-0.4, -0.2) is 69.9 Å². The number of carbonyl (C=O) groups excluding carboxylic acids is 3. The van der Waals surface area contributed by atoms with Gasteiger partial charge >= 0.3 is 12.3 Å². The SMILES string of the molecule is O=C(OCC1CN(C(=O)[O-])CC(OC(=O)OCC(Cl)(Cl)Cl)C1c1ccc(Br)cc1)OCC(Cl)(Cl)Cl. The summed E-state index contributed by atoms with van der Waals surface area (Å²) in [6, 6.07) is 6.96. The van der Waals surface area contributed by atoms with Crippen molar-refractivity contribution in [2.45, 2.75) is 19.6 Å².